The lowest BCUT2D eigenvalue weighted by molar-refractivity contribution is -0.0509. The fourth-order valence-corrected chi connectivity index (χ4v) is 3.40. The SMILES string of the molecule is NCC1(c2ccc3c(c2)CCOC3)CCC(F)(F)CC1. The van der Waals surface area contributed by atoms with Crippen LogP contribution in [-0.2, 0) is 23.2 Å². The maximum atomic E-state index is 13.4. The Bertz CT molecular complexity index is 491. The highest BCUT2D eigenvalue weighted by molar-refractivity contribution is 5.37. The average Bonchev–Trinajstić information content (AvgIpc) is 2.47. The molecule has 2 N–H and O–H groups in total. The normalized spacial score (nSPS) is 24.1. The topological polar surface area (TPSA) is 35.2 Å². The van der Waals surface area contributed by atoms with E-state index in [-0.39, 0.29) is 18.3 Å². The summed E-state index contributed by atoms with van der Waals surface area (Å²) in [5.74, 6) is -2.51. The molecule has 1 heterocycles. The lowest BCUT2D eigenvalue weighted by Gasteiger charge is -2.40. The second-order valence-electron chi connectivity index (χ2n) is 6.13. The molecule has 2 nitrogen and oxygen atoms in total. The van der Waals surface area contributed by atoms with Crippen LogP contribution in [0.4, 0.5) is 8.78 Å². The summed E-state index contributed by atoms with van der Waals surface area (Å²) < 4.78 is 32.3. The number of halogens is 2. The molecule has 0 atom stereocenters. The second kappa shape index (κ2) is 5.08. The van der Waals surface area contributed by atoms with Crippen LogP contribution in [0.3, 0.4) is 0 Å². The maximum Gasteiger partial charge on any atom is 0.248 e. The number of nitrogens with two attached hydrogens (primary N) is 1. The van der Waals surface area contributed by atoms with Crippen molar-refractivity contribution < 1.29 is 13.5 Å². The molecular weight excluding hydrogens is 260 g/mol. The van der Waals surface area contributed by atoms with Gasteiger partial charge in [0, 0.05) is 24.8 Å². The highest BCUT2D eigenvalue weighted by atomic mass is 19.3. The maximum absolute atomic E-state index is 13.4. The highest BCUT2D eigenvalue weighted by Gasteiger charge is 2.43. The Labute approximate surface area is 118 Å². The average molecular weight is 281 g/mol. The van der Waals surface area contributed by atoms with E-state index in [1.165, 1.54) is 11.1 Å². The van der Waals surface area contributed by atoms with Crippen LogP contribution in [-0.4, -0.2) is 19.1 Å². The Kier molecular flexibility index (Phi) is 3.55. The number of hydrogen-bond donors (Lipinski definition) is 1. The molecule has 0 aromatic heterocycles. The molecule has 1 aromatic carbocycles. The Hall–Kier alpha value is -1.00. The van der Waals surface area contributed by atoms with Crippen LogP contribution in [0.5, 0.6) is 0 Å². The van der Waals surface area contributed by atoms with E-state index in [0.717, 1.165) is 18.6 Å². The lowest BCUT2D eigenvalue weighted by atomic mass is 9.68. The predicted molar refractivity (Wildman–Crippen MR) is 73.9 cm³/mol. The zero-order chi connectivity index (χ0) is 14.2. The van der Waals surface area contributed by atoms with Gasteiger partial charge in [0.15, 0.2) is 0 Å². The summed E-state index contributed by atoms with van der Waals surface area (Å²) in [6.07, 6.45) is 1.76. The summed E-state index contributed by atoms with van der Waals surface area (Å²) >= 11 is 0. The summed E-state index contributed by atoms with van der Waals surface area (Å²) in [4.78, 5) is 0. The van der Waals surface area contributed by atoms with Crippen LogP contribution in [0.15, 0.2) is 18.2 Å². The molecule has 1 aliphatic carbocycles. The summed E-state index contributed by atoms with van der Waals surface area (Å²) in [6.45, 7) is 1.84. The van der Waals surface area contributed by atoms with Crippen LogP contribution in [0.1, 0.15) is 42.4 Å². The van der Waals surface area contributed by atoms with E-state index >= 15 is 0 Å². The van der Waals surface area contributed by atoms with Gasteiger partial charge in [-0.2, -0.15) is 0 Å². The Morgan fingerprint density at radius 2 is 1.85 bits per heavy atom. The molecule has 1 saturated carbocycles. The Morgan fingerprint density at radius 1 is 1.10 bits per heavy atom. The largest absolute Gasteiger partial charge is 0.376 e. The van der Waals surface area contributed by atoms with Gasteiger partial charge in [-0.15, -0.1) is 0 Å². The minimum absolute atomic E-state index is 0.0512. The Balaban J connectivity index is 1.90. The van der Waals surface area contributed by atoms with Crippen molar-refractivity contribution in [3.05, 3.63) is 34.9 Å². The van der Waals surface area contributed by atoms with Crippen molar-refractivity contribution in [1.29, 1.82) is 0 Å². The van der Waals surface area contributed by atoms with Crippen molar-refractivity contribution in [2.24, 2.45) is 5.73 Å². The number of benzene rings is 1. The van der Waals surface area contributed by atoms with E-state index in [4.69, 9.17) is 10.5 Å². The number of rotatable bonds is 2. The molecule has 3 rings (SSSR count). The van der Waals surface area contributed by atoms with Gasteiger partial charge in [0.05, 0.1) is 13.2 Å². The van der Waals surface area contributed by atoms with Gasteiger partial charge in [0.25, 0.3) is 0 Å². The van der Waals surface area contributed by atoms with Gasteiger partial charge < -0.3 is 10.5 Å². The van der Waals surface area contributed by atoms with E-state index in [1.54, 1.807) is 0 Å². The standard InChI is InChI=1S/C16H21F2NO/c17-16(18)6-4-15(11-19,5-7-16)14-2-1-13-10-20-8-3-12(13)9-14/h1-2,9H,3-8,10-11,19H2. The molecule has 0 bridgehead atoms. The van der Waals surface area contributed by atoms with Crippen LogP contribution in [0.25, 0.3) is 0 Å². The first-order chi connectivity index (χ1) is 9.55. The van der Waals surface area contributed by atoms with Crippen LogP contribution < -0.4 is 5.73 Å². The molecule has 0 unspecified atom stereocenters. The summed E-state index contributed by atoms with van der Waals surface area (Å²) in [7, 11) is 0. The minimum atomic E-state index is -2.51. The van der Waals surface area contributed by atoms with Gasteiger partial charge in [-0.25, -0.2) is 8.78 Å². The fraction of sp³-hybridized carbons (Fsp3) is 0.625. The number of ether oxygens (including phenoxy) is 1. The third-order valence-corrected chi connectivity index (χ3v) is 4.92. The zero-order valence-corrected chi connectivity index (χ0v) is 11.6. The molecular formula is C16H21F2NO. The molecule has 0 amide bonds. The third-order valence-electron chi connectivity index (χ3n) is 4.92. The van der Waals surface area contributed by atoms with Crippen molar-refractivity contribution in [3.8, 4) is 0 Å². The minimum Gasteiger partial charge on any atom is -0.376 e. The first-order valence-corrected chi connectivity index (χ1v) is 7.33. The monoisotopic (exact) mass is 281 g/mol. The molecule has 110 valence electrons. The van der Waals surface area contributed by atoms with Crippen LogP contribution in [0.2, 0.25) is 0 Å². The molecule has 4 heteroatoms. The van der Waals surface area contributed by atoms with E-state index in [2.05, 4.69) is 18.2 Å². The zero-order valence-electron chi connectivity index (χ0n) is 11.6. The quantitative estimate of drug-likeness (QED) is 0.903. The van der Waals surface area contributed by atoms with Gasteiger partial charge in [-0.1, -0.05) is 18.2 Å². The summed E-state index contributed by atoms with van der Waals surface area (Å²) in [5, 5.41) is 0. The number of fused-ring (bicyclic) bond motifs is 1. The first kappa shape index (κ1) is 14.0. The summed E-state index contributed by atoms with van der Waals surface area (Å²) in [5.41, 5.74) is 9.34. The molecule has 1 aromatic rings. The van der Waals surface area contributed by atoms with Crippen LogP contribution >= 0.6 is 0 Å². The molecule has 20 heavy (non-hydrogen) atoms. The molecule has 1 fully saturated rings. The molecule has 1 aliphatic heterocycles. The van der Waals surface area contributed by atoms with E-state index in [0.29, 0.717) is 26.0 Å². The second-order valence-corrected chi connectivity index (χ2v) is 6.13. The van der Waals surface area contributed by atoms with Gasteiger partial charge in [-0.3, -0.25) is 0 Å². The van der Waals surface area contributed by atoms with Crippen molar-refractivity contribution in [3.63, 3.8) is 0 Å². The summed E-state index contributed by atoms with van der Waals surface area (Å²) in [6, 6.07) is 6.31. The predicted octanol–water partition coefficient (Wildman–Crippen LogP) is 3.17. The van der Waals surface area contributed by atoms with Gasteiger partial charge in [0.1, 0.15) is 0 Å². The highest BCUT2D eigenvalue weighted by Crippen LogP contribution is 2.45. The smallest absolute Gasteiger partial charge is 0.248 e. The molecule has 2 aliphatic rings. The van der Waals surface area contributed by atoms with E-state index in [9.17, 15) is 8.78 Å². The molecule has 0 saturated heterocycles. The number of alkyl halides is 2. The van der Waals surface area contributed by atoms with Crippen molar-refractivity contribution >= 4 is 0 Å². The third kappa shape index (κ3) is 2.47. The van der Waals surface area contributed by atoms with Crippen molar-refractivity contribution in [1.82, 2.24) is 0 Å². The van der Waals surface area contributed by atoms with Gasteiger partial charge in [-0.05, 0) is 36.0 Å². The fourth-order valence-electron chi connectivity index (χ4n) is 3.40. The molecule has 0 spiro atoms. The van der Waals surface area contributed by atoms with E-state index < -0.39 is 5.92 Å². The Morgan fingerprint density at radius 3 is 2.55 bits per heavy atom. The number of hydrogen-bond acceptors (Lipinski definition) is 2. The van der Waals surface area contributed by atoms with Crippen LogP contribution in [0, 0.1) is 0 Å². The van der Waals surface area contributed by atoms with Gasteiger partial charge in [0.2, 0.25) is 5.92 Å². The lowest BCUT2D eigenvalue weighted by Crippen LogP contribution is -2.42. The van der Waals surface area contributed by atoms with Crippen molar-refractivity contribution in [2.75, 3.05) is 13.2 Å². The first-order valence-electron chi connectivity index (χ1n) is 7.33. The van der Waals surface area contributed by atoms with Gasteiger partial charge >= 0.3 is 0 Å². The van der Waals surface area contributed by atoms with E-state index in [1.807, 2.05) is 0 Å². The van der Waals surface area contributed by atoms with Crippen molar-refractivity contribution in [2.45, 2.75) is 50.0 Å². The molecule has 0 radical (unpaired) electrons.